The summed E-state index contributed by atoms with van der Waals surface area (Å²) in [7, 11) is 3.94. The van der Waals surface area contributed by atoms with Crippen molar-refractivity contribution in [3.63, 3.8) is 0 Å². The Bertz CT molecular complexity index is 941. The number of aromatic nitrogens is 3. The van der Waals surface area contributed by atoms with Crippen molar-refractivity contribution in [1.29, 1.82) is 0 Å². The number of thiophene rings is 1. The van der Waals surface area contributed by atoms with E-state index < -0.39 is 0 Å². The Hall–Kier alpha value is -2.54. The molecule has 7 heteroatoms. The highest BCUT2D eigenvalue weighted by Crippen LogP contribution is 2.34. The van der Waals surface area contributed by atoms with Gasteiger partial charge in [0.05, 0.1) is 16.6 Å². The maximum atomic E-state index is 12.4. The van der Waals surface area contributed by atoms with Crippen molar-refractivity contribution in [3.05, 3.63) is 35.0 Å². The molecular formula is C21H33N5OS. The van der Waals surface area contributed by atoms with Gasteiger partial charge < -0.3 is 9.89 Å². The Labute approximate surface area is 172 Å². The number of aliphatic imine (C=N–C) groups is 1. The number of allylic oxidation sites excluding steroid dienone is 1. The van der Waals surface area contributed by atoms with Gasteiger partial charge in [-0.05, 0) is 26.6 Å². The maximum absolute atomic E-state index is 12.4. The molecule has 3 aromatic heterocycles. The molecular weight excluding hydrogens is 370 g/mol. The minimum atomic E-state index is -0.0548. The third-order valence-electron chi connectivity index (χ3n) is 3.30. The average molecular weight is 404 g/mol. The van der Waals surface area contributed by atoms with E-state index in [1.54, 1.807) is 18.7 Å². The van der Waals surface area contributed by atoms with Crippen molar-refractivity contribution >= 4 is 50.4 Å². The Balaban J connectivity index is 0.000000797. The fraction of sp³-hybridized carbons (Fsp3) is 0.429. The molecule has 3 heterocycles. The van der Waals surface area contributed by atoms with Crippen LogP contribution in [-0.4, -0.2) is 41.9 Å². The van der Waals surface area contributed by atoms with E-state index in [1.807, 2.05) is 72.7 Å². The molecule has 3 aromatic rings. The van der Waals surface area contributed by atoms with E-state index in [-0.39, 0.29) is 5.56 Å². The van der Waals surface area contributed by atoms with E-state index in [1.165, 1.54) is 15.9 Å². The van der Waals surface area contributed by atoms with Gasteiger partial charge in [0.1, 0.15) is 15.9 Å². The first-order chi connectivity index (χ1) is 13.5. The first-order valence-electron chi connectivity index (χ1n) is 9.56. The van der Waals surface area contributed by atoms with Crippen LogP contribution in [0.15, 0.2) is 34.5 Å². The molecule has 3 rings (SSSR count). The Morgan fingerprint density at radius 2 is 1.86 bits per heavy atom. The molecule has 0 atom stereocenters. The number of anilines is 1. The van der Waals surface area contributed by atoms with Crippen LogP contribution in [0.1, 0.15) is 41.5 Å². The SMILES string of the molecule is C/C=C/n1cnc2c(sc3nccc(N(C)C)c32)c1=O.C=NCC.CC.CC. The largest absolute Gasteiger partial charge is 0.377 e. The van der Waals surface area contributed by atoms with Gasteiger partial charge in [0.15, 0.2) is 0 Å². The molecule has 0 aliphatic carbocycles. The lowest BCUT2D eigenvalue weighted by molar-refractivity contribution is 1.03. The van der Waals surface area contributed by atoms with E-state index >= 15 is 0 Å². The summed E-state index contributed by atoms with van der Waals surface area (Å²) < 4.78 is 2.13. The lowest BCUT2D eigenvalue weighted by atomic mass is 10.2. The fourth-order valence-electron chi connectivity index (χ4n) is 2.19. The summed E-state index contributed by atoms with van der Waals surface area (Å²) in [6.45, 7) is 15.9. The molecule has 0 saturated heterocycles. The number of hydrogen-bond acceptors (Lipinski definition) is 6. The van der Waals surface area contributed by atoms with Crippen molar-refractivity contribution in [2.24, 2.45) is 4.99 Å². The highest BCUT2D eigenvalue weighted by Gasteiger charge is 2.15. The van der Waals surface area contributed by atoms with Crippen LogP contribution >= 0.6 is 11.3 Å². The van der Waals surface area contributed by atoms with Gasteiger partial charge in [0, 0.05) is 33.0 Å². The van der Waals surface area contributed by atoms with Crippen LogP contribution in [-0.2, 0) is 0 Å². The minimum Gasteiger partial charge on any atom is -0.377 e. The zero-order valence-electron chi connectivity index (χ0n) is 18.4. The Kier molecular flexibility index (Phi) is 12.4. The first-order valence-corrected chi connectivity index (χ1v) is 10.4. The van der Waals surface area contributed by atoms with Crippen LogP contribution in [0.2, 0.25) is 0 Å². The first kappa shape index (κ1) is 25.5. The van der Waals surface area contributed by atoms with Crippen molar-refractivity contribution in [2.45, 2.75) is 41.5 Å². The van der Waals surface area contributed by atoms with Gasteiger partial charge in [0.2, 0.25) is 0 Å². The highest BCUT2D eigenvalue weighted by molar-refractivity contribution is 7.25. The number of hydrogen-bond donors (Lipinski definition) is 0. The molecule has 6 nitrogen and oxygen atoms in total. The van der Waals surface area contributed by atoms with Crippen LogP contribution in [0, 0.1) is 0 Å². The maximum Gasteiger partial charge on any atom is 0.275 e. The van der Waals surface area contributed by atoms with Crippen molar-refractivity contribution in [1.82, 2.24) is 14.5 Å². The number of rotatable bonds is 3. The Morgan fingerprint density at radius 1 is 1.25 bits per heavy atom. The van der Waals surface area contributed by atoms with Gasteiger partial charge in [-0.3, -0.25) is 9.36 Å². The second kappa shape index (κ2) is 13.6. The highest BCUT2D eigenvalue weighted by atomic mass is 32.1. The molecule has 0 saturated carbocycles. The molecule has 0 unspecified atom stereocenters. The molecule has 0 N–H and O–H groups in total. The summed E-state index contributed by atoms with van der Waals surface area (Å²) in [4.78, 5) is 27.6. The molecule has 154 valence electrons. The third kappa shape index (κ3) is 5.99. The van der Waals surface area contributed by atoms with E-state index in [0.717, 1.165) is 28.0 Å². The van der Waals surface area contributed by atoms with Gasteiger partial charge in [-0.2, -0.15) is 0 Å². The summed E-state index contributed by atoms with van der Waals surface area (Å²) in [5.74, 6) is 0. The Morgan fingerprint density at radius 3 is 2.36 bits per heavy atom. The zero-order valence-corrected chi connectivity index (χ0v) is 19.2. The smallest absolute Gasteiger partial charge is 0.275 e. The molecule has 0 fully saturated rings. The molecule has 0 aliphatic heterocycles. The van der Waals surface area contributed by atoms with Crippen LogP contribution < -0.4 is 10.5 Å². The normalized spacial score (nSPS) is 9.71. The summed E-state index contributed by atoms with van der Waals surface area (Å²) in [5.41, 5.74) is 1.70. The monoisotopic (exact) mass is 403 g/mol. The average Bonchev–Trinajstić information content (AvgIpc) is 3.13. The summed E-state index contributed by atoms with van der Waals surface area (Å²) in [6.07, 6.45) is 6.84. The minimum absolute atomic E-state index is 0.0548. The van der Waals surface area contributed by atoms with Gasteiger partial charge in [-0.15, -0.1) is 11.3 Å². The van der Waals surface area contributed by atoms with Crippen LogP contribution in [0.3, 0.4) is 0 Å². The topological polar surface area (TPSA) is 63.4 Å². The summed E-state index contributed by atoms with van der Waals surface area (Å²) in [6, 6.07) is 1.94. The molecule has 0 aliphatic rings. The van der Waals surface area contributed by atoms with E-state index in [4.69, 9.17) is 0 Å². The number of nitrogens with zero attached hydrogens (tertiary/aromatic N) is 5. The van der Waals surface area contributed by atoms with Crippen LogP contribution in [0.25, 0.3) is 26.6 Å². The number of fused-ring (bicyclic) bond motifs is 3. The lowest BCUT2D eigenvalue weighted by Gasteiger charge is -2.13. The molecule has 0 aromatic carbocycles. The van der Waals surface area contributed by atoms with Crippen molar-refractivity contribution in [3.8, 4) is 0 Å². The van der Waals surface area contributed by atoms with E-state index in [0.29, 0.717) is 4.70 Å². The van der Waals surface area contributed by atoms with Gasteiger partial charge in [0.25, 0.3) is 5.56 Å². The summed E-state index contributed by atoms with van der Waals surface area (Å²) in [5, 5.41) is 0.947. The lowest BCUT2D eigenvalue weighted by Crippen LogP contribution is -2.14. The summed E-state index contributed by atoms with van der Waals surface area (Å²) >= 11 is 1.39. The molecule has 0 spiro atoms. The quantitative estimate of drug-likeness (QED) is 0.555. The predicted molar refractivity (Wildman–Crippen MR) is 127 cm³/mol. The van der Waals surface area contributed by atoms with Gasteiger partial charge in [-0.25, -0.2) is 9.97 Å². The second-order valence-corrected chi connectivity index (χ2v) is 6.16. The fourth-order valence-corrected chi connectivity index (χ4v) is 3.24. The van der Waals surface area contributed by atoms with E-state index in [2.05, 4.69) is 21.7 Å². The third-order valence-corrected chi connectivity index (χ3v) is 4.37. The van der Waals surface area contributed by atoms with E-state index in [9.17, 15) is 4.79 Å². The molecule has 0 radical (unpaired) electrons. The standard InChI is InChI=1S/C14H14N4OS.C3H7N.2C2H6/c1-4-7-18-8-16-11-10-9(17(2)3)5-6-15-13(10)20-12(11)14(18)19;1-3-4-2;2*1-2/h4-8H,1-3H3;2-3H2,1H3;2*1-2H3/b7-4+;;;. The van der Waals surface area contributed by atoms with Crippen LogP contribution in [0.5, 0.6) is 0 Å². The number of pyridine rings is 1. The van der Waals surface area contributed by atoms with Crippen molar-refractivity contribution in [2.75, 3.05) is 25.5 Å². The zero-order chi connectivity index (χ0) is 21.7. The molecule has 0 amide bonds. The second-order valence-electron chi connectivity index (χ2n) is 5.16. The van der Waals surface area contributed by atoms with Gasteiger partial charge >= 0.3 is 0 Å². The predicted octanol–water partition coefficient (Wildman–Crippen LogP) is 5.32. The van der Waals surface area contributed by atoms with Crippen molar-refractivity contribution < 1.29 is 0 Å². The molecule has 0 bridgehead atoms. The van der Waals surface area contributed by atoms with Crippen LogP contribution in [0.4, 0.5) is 5.69 Å². The molecule has 28 heavy (non-hydrogen) atoms. The van der Waals surface area contributed by atoms with Gasteiger partial charge in [-0.1, -0.05) is 33.8 Å².